The second-order valence-electron chi connectivity index (χ2n) is 18.4. The molecule has 0 amide bonds. The van der Waals surface area contributed by atoms with E-state index in [-0.39, 0.29) is 10.8 Å². The molecule has 13 aromatic rings. The van der Waals surface area contributed by atoms with Gasteiger partial charge in [0.2, 0.25) is 11.6 Å². The van der Waals surface area contributed by atoms with Crippen LogP contribution in [0.25, 0.3) is 111 Å². The summed E-state index contributed by atoms with van der Waals surface area (Å²) in [5.74, 6) is 1.87. The highest BCUT2D eigenvalue weighted by Gasteiger charge is 2.34. The number of hydrogen-bond donors (Lipinski definition) is 0. The molecule has 0 unspecified atom stereocenters. The van der Waals surface area contributed by atoms with Crippen molar-refractivity contribution in [1.82, 2.24) is 27.6 Å². The predicted octanol–water partition coefficient (Wildman–Crippen LogP) is 13.2. The number of hydrogen-bond acceptors (Lipinski definition) is 2. The third kappa shape index (κ3) is 3.88. The fraction of sp³-hybridized carbons (Fsp3) is 0.154. The van der Waals surface area contributed by atoms with Crippen molar-refractivity contribution in [1.29, 1.82) is 0 Å². The highest BCUT2D eigenvalue weighted by Crippen LogP contribution is 2.52. The Hall–Kier alpha value is -6.92. The van der Waals surface area contributed by atoms with Crippen LogP contribution in [0.2, 0.25) is 0 Å². The minimum atomic E-state index is -0.0909. The fourth-order valence-corrected chi connectivity index (χ4v) is 10.1. The molecule has 0 saturated heterocycles. The van der Waals surface area contributed by atoms with Gasteiger partial charge in [-0.05, 0) is 81.6 Å². The van der Waals surface area contributed by atoms with Crippen molar-refractivity contribution < 1.29 is 0 Å². The number of aromatic nitrogens is 6. The SMILES string of the molecule is CC(C)(C)c1cc(-c2ccccc2)c2c(c1)c1c3c4c(c5cc(C(C)(C)C)cc(-c6ccccc6)c5n4c4nc5ccccc5n34)c3c1n2c1nc2ccccc2n31. The van der Waals surface area contributed by atoms with E-state index in [1.807, 2.05) is 0 Å². The van der Waals surface area contributed by atoms with Gasteiger partial charge < -0.3 is 0 Å². The van der Waals surface area contributed by atoms with Crippen LogP contribution in [0.4, 0.5) is 0 Å². The number of nitrogens with zero attached hydrogens (tertiary/aromatic N) is 6. The Morgan fingerprint density at radius 2 is 0.741 bits per heavy atom. The fourth-order valence-electron chi connectivity index (χ4n) is 10.1. The van der Waals surface area contributed by atoms with E-state index in [1.54, 1.807) is 0 Å². The summed E-state index contributed by atoms with van der Waals surface area (Å²) < 4.78 is 9.91. The smallest absolute Gasteiger partial charge is 0.220 e. The van der Waals surface area contributed by atoms with E-state index in [2.05, 4.69) is 193 Å². The molecule has 6 nitrogen and oxygen atoms in total. The van der Waals surface area contributed by atoms with Crippen molar-refractivity contribution in [3.8, 4) is 22.3 Å². The molecule has 6 heteroatoms. The molecule has 0 spiro atoms. The summed E-state index contributed by atoms with van der Waals surface area (Å²) in [6.07, 6.45) is 0. The van der Waals surface area contributed by atoms with Gasteiger partial charge in [0.15, 0.2) is 0 Å². The number of imidazole rings is 4. The van der Waals surface area contributed by atoms with Gasteiger partial charge in [0.25, 0.3) is 0 Å². The molecule has 0 aliphatic rings. The summed E-state index contributed by atoms with van der Waals surface area (Å²) in [5, 5.41) is 4.94. The van der Waals surface area contributed by atoms with Crippen LogP contribution in [-0.4, -0.2) is 27.6 Å². The molecule has 13 rings (SSSR count). The largest absolute Gasteiger partial charge is 0.276 e. The van der Waals surface area contributed by atoms with E-state index in [0.717, 1.165) is 33.6 Å². The minimum absolute atomic E-state index is 0.0909. The van der Waals surface area contributed by atoms with Crippen LogP contribution in [0.1, 0.15) is 52.7 Å². The maximum Gasteiger partial charge on any atom is 0.220 e. The molecule has 6 heterocycles. The van der Waals surface area contributed by atoms with Crippen LogP contribution in [-0.2, 0) is 10.8 Å². The van der Waals surface area contributed by atoms with Gasteiger partial charge in [-0.15, -0.1) is 0 Å². The van der Waals surface area contributed by atoms with Crippen molar-refractivity contribution in [3.05, 3.63) is 145 Å². The summed E-state index contributed by atoms with van der Waals surface area (Å²) in [7, 11) is 0. The highest BCUT2D eigenvalue weighted by atomic mass is 15.2. The Bertz CT molecular complexity index is 3590. The van der Waals surface area contributed by atoms with Gasteiger partial charge >= 0.3 is 0 Å². The van der Waals surface area contributed by atoms with Gasteiger partial charge in [-0.2, -0.15) is 0 Å². The third-order valence-corrected chi connectivity index (χ3v) is 12.9. The van der Waals surface area contributed by atoms with Crippen molar-refractivity contribution in [2.45, 2.75) is 52.4 Å². The molecule has 0 N–H and O–H groups in total. The summed E-state index contributed by atoms with van der Waals surface area (Å²) in [5.41, 5.74) is 18.6. The Morgan fingerprint density at radius 1 is 0.379 bits per heavy atom. The molecular weight excluding hydrogens is 709 g/mol. The second-order valence-corrected chi connectivity index (χ2v) is 18.4. The van der Waals surface area contributed by atoms with E-state index < -0.39 is 0 Å². The number of rotatable bonds is 2. The molecule has 0 aliphatic heterocycles. The lowest BCUT2D eigenvalue weighted by molar-refractivity contribution is 0.591. The number of benzene rings is 7. The topological polar surface area (TPSA) is 43.4 Å². The van der Waals surface area contributed by atoms with Crippen LogP contribution >= 0.6 is 0 Å². The Morgan fingerprint density at radius 3 is 1.14 bits per heavy atom. The van der Waals surface area contributed by atoms with Crippen LogP contribution < -0.4 is 0 Å². The highest BCUT2D eigenvalue weighted by molar-refractivity contribution is 6.38. The molecule has 6 aromatic heterocycles. The summed E-state index contributed by atoms with van der Waals surface area (Å²) in [4.78, 5) is 11.0. The van der Waals surface area contributed by atoms with Crippen molar-refractivity contribution in [2.24, 2.45) is 0 Å². The second kappa shape index (κ2) is 10.5. The van der Waals surface area contributed by atoms with E-state index in [0.29, 0.717) is 0 Å². The zero-order chi connectivity index (χ0) is 39.0. The maximum absolute atomic E-state index is 5.51. The van der Waals surface area contributed by atoms with Gasteiger partial charge in [-0.25, -0.2) is 9.97 Å². The first-order valence-electron chi connectivity index (χ1n) is 20.4. The molecule has 0 bridgehead atoms. The van der Waals surface area contributed by atoms with Crippen molar-refractivity contribution in [2.75, 3.05) is 0 Å². The zero-order valence-electron chi connectivity index (χ0n) is 33.4. The molecule has 58 heavy (non-hydrogen) atoms. The first-order chi connectivity index (χ1) is 28.1. The molecule has 0 fully saturated rings. The Kier molecular flexibility index (Phi) is 5.84. The first-order valence-corrected chi connectivity index (χ1v) is 20.4. The van der Waals surface area contributed by atoms with Crippen LogP contribution in [0, 0.1) is 0 Å². The van der Waals surface area contributed by atoms with E-state index in [9.17, 15) is 0 Å². The lowest BCUT2D eigenvalue weighted by Gasteiger charge is -2.21. The van der Waals surface area contributed by atoms with E-state index >= 15 is 0 Å². The van der Waals surface area contributed by atoms with Gasteiger partial charge in [0.1, 0.15) is 0 Å². The average molecular weight is 749 g/mol. The molecule has 0 aliphatic carbocycles. The third-order valence-electron chi connectivity index (χ3n) is 12.9. The summed E-state index contributed by atoms with van der Waals surface area (Å²) >= 11 is 0. The average Bonchev–Trinajstić information content (AvgIpc) is 4.05. The molecule has 278 valence electrons. The summed E-state index contributed by atoms with van der Waals surface area (Å²) in [6, 6.07) is 48.9. The van der Waals surface area contributed by atoms with Gasteiger partial charge in [0.05, 0.1) is 55.2 Å². The van der Waals surface area contributed by atoms with Crippen molar-refractivity contribution in [3.63, 3.8) is 0 Å². The van der Waals surface area contributed by atoms with Gasteiger partial charge in [0, 0.05) is 32.7 Å². The van der Waals surface area contributed by atoms with Gasteiger partial charge in [-0.3, -0.25) is 17.6 Å². The quantitative estimate of drug-likeness (QED) is 0.177. The maximum atomic E-state index is 5.51. The van der Waals surface area contributed by atoms with Gasteiger partial charge in [-0.1, -0.05) is 126 Å². The standard InChI is InChI=1S/C52H40N6/c1-51(2,3)31-25-33(29-17-9-7-10-18-29)43-35(27-31)41-45-48-42(46-47(41)57(43)49-53-38-22-14-16-24-40(38)56(46)49)36-28-32(52(4,5)6)26-34(30-19-11-8-12-20-30)44(36)58(48)50-54-37-21-13-15-23-39(37)55(45)50/h7-28H,1-6H3. The zero-order valence-corrected chi connectivity index (χ0v) is 33.4. The van der Waals surface area contributed by atoms with E-state index in [1.165, 1.54) is 88.0 Å². The monoisotopic (exact) mass is 748 g/mol. The van der Waals surface area contributed by atoms with Crippen LogP contribution in [0.3, 0.4) is 0 Å². The molecule has 7 aromatic carbocycles. The minimum Gasteiger partial charge on any atom is -0.276 e. The molecule has 0 saturated carbocycles. The molecular formula is C52H40N6. The molecule has 0 radical (unpaired) electrons. The first kappa shape index (κ1) is 32.2. The van der Waals surface area contributed by atoms with Crippen LogP contribution in [0.5, 0.6) is 0 Å². The lowest BCUT2D eigenvalue weighted by atomic mass is 9.83. The normalized spacial score (nSPS) is 13.3. The number of fused-ring (bicyclic) bond motifs is 18. The van der Waals surface area contributed by atoms with E-state index in [4.69, 9.17) is 9.97 Å². The Balaban J connectivity index is 1.43. The van der Waals surface area contributed by atoms with Crippen molar-refractivity contribution >= 4 is 88.3 Å². The Labute approximate surface area is 333 Å². The van der Waals surface area contributed by atoms with Crippen LogP contribution in [0.15, 0.2) is 133 Å². The lowest BCUT2D eigenvalue weighted by Crippen LogP contribution is -2.11. The predicted molar refractivity (Wildman–Crippen MR) is 242 cm³/mol. The number of para-hydroxylation sites is 4. The molecule has 0 atom stereocenters. The summed E-state index contributed by atoms with van der Waals surface area (Å²) in [6.45, 7) is 14.0.